The number of carbonyl (C=O) groups is 2. The zero-order valence-electron chi connectivity index (χ0n) is 12.0. The van der Waals surface area contributed by atoms with E-state index in [1.807, 2.05) is 19.1 Å². The Labute approximate surface area is 123 Å². The number of amides is 2. The number of hydrogen-bond donors (Lipinski definition) is 2. The molecule has 1 saturated heterocycles. The molecule has 6 heteroatoms. The Kier molecular flexibility index (Phi) is 5.03. The van der Waals surface area contributed by atoms with E-state index in [9.17, 15) is 9.59 Å². The van der Waals surface area contributed by atoms with E-state index < -0.39 is 5.97 Å². The molecule has 2 rings (SSSR count). The maximum atomic E-state index is 12.2. The Morgan fingerprint density at radius 1 is 1.43 bits per heavy atom. The van der Waals surface area contributed by atoms with Crippen LogP contribution in [0.25, 0.3) is 0 Å². The number of hydrogen-bond acceptors (Lipinski definition) is 3. The van der Waals surface area contributed by atoms with Gasteiger partial charge in [-0.1, -0.05) is 12.1 Å². The third-order valence-electron chi connectivity index (χ3n) is 3.46. The average molecular weight is 292 g/mol. The summed E-state index contributed by atoms with van der Waals surface area (Å²) in [6.07, 6.45) is 0.839. The lowest BCUT2D eigenvalue weighted by Crippen LogP contribution is -2.33. The second-order valence-corrected chi connectivity index (χ2v) is 5.06. The lowest BCUT2D eigenvalue weighted by Gasteiger charge is -2.18. The molecule has 0 saturated carbocycles. The Hall–Kier alpha value is -2.24. The predicted molar refractivity (Wildman–Crippen MR) is 78.6 cm³/mol. The second kappa shape index (κ2) is 6.97. The summed E-state index contributed by atoms with van der Waals surface area (Å²) in [7, 11) is 0. The molecule has 1 aliphatic rings. The number of nitrogens with zero attached hydrogens (tertiary/aromatic N) is 1. The second-order valence-electron chi connectivity index (χ2n) is 5.06. The third kappa shape index (κ3) is 4.11. The number of carboxylic acid groups (broad SMARTS) is 1. The van der Waals surface area contributed by atoms with Gasteiger partial charge < -0.3 is 20.1 Å². The zero-order valence-corrected chi connectivity index (χ0v) is 12.0. The van der Waals surface area contributed by atoms with Crippen LogP contribution >= 0.6 is 0 Å². The first-order valence-electron chi connectivity index (χ1n) is 7.09. The SMILES string of the molecule is CCOc1ccccc1NC(=O)N1CCC(CC(=O)O)C1. The predicted octanol–water partition coefficient (Wildman–Crippen LogP) is 2.41. The quantitative estimate of drug-likeness (QED) is 0.873. The van der Waals surface area contributed by atoms with Gasteiger partial charge in [-0.05, 0) is 31.4 Å². The van der Waals surface area contributed by atoms with Gasteiger partial charge in [-0.25, -0.2) is 4.79 Å². The van der Waals surface area contributed by atoms with Crippen LogP contribution in [0.3, 0.4) is 0 Å². The van der Waals surface area contributed by atoms with E-state index in [1.54, 1.807) is 17.0 Å². The van der Waals surface area contributed by atoms with Gasteiger partial charge in [0.05, 0.1) is 12.3 Å². The summed E-state index contributed by atoms with van der Waals surface area (Å²) < 4.78 is 5.46. The van der Waals surface area contributed by atoms with Crippen LogP contribution in [0.1, 0.15) is 19.8 Å². The Balaban J connectivity index is 1.95. The van der Waals surface area contributed by atoms with Gasteiger partial charge in [0.2, 0.25) is 0 Å². The standard InChI is InChI=1S/C15H20N2O4/c1-2-21-13-6-4-3-5-12(13)16-15(20)17-8-7-11(10-17)9-14(18)19/h3-6,11H,2,7-10H2,1H3,(H,16,20)(H,18,19). The summed E-state index contributed by atoms with van der Waals surface area (Å²) in [5.74, 6) is -0.144. The zero-order chi connectivity index (χ0) is 15.2. The number of anilines is 1. The molecule has 0 radical (unpaired) electrons. The highest BCUT2D eigenvalue weighted by molar-refractivity contribution is 5.91. The van der Waals surface area contributed by atoms with Crippen molar-refractivity contribution in [2.45, 2.75) is 19.8 Å². The molecule has 1 atom stereocenters. The molecule has 1 aliphatic heterocycles. The van der Waals surface area contributed by atoms with Gasteiger partial charge in [0.15, 0.2) is 0 Å². The van der Waals surface area contributed by atoms with Crippen LogP contribution in [-0.2, 0) is 4.79 Å². The molecule has 0 spiro atoms. The Morgan fingerprint density at radius 2 is 2.19 bits per heavy atom. The summed E-state index contributed by atoms with van der Waals surface area (Å²) in [6, 6.07) is 7.05. The molecular weight excluding hydrogens is 272 g/mol. The van der Waals surface area contributed by atoms with Gasteiger partial charge in [-0.3, -0.25) is 4.79 Å². The molecule has 1 unspecified atom stereocenters. The maximum Gasteiger partial charge on any atom is 0.321 e. The fourth-order valence-corrected chi connectivity index (χ4v) is 2.48. The van der Waals surface area contributed by atoms with Crippen LogP contribution in [0.4, 0.5) is 10.5 Å². The first kappa shape index (κ1) is 15.2. The summed E-state index contributed by atoms with van der Waals surface area (Å²) in [5, 5.41) is 11.6. The minimum Gasteiger partial charge on any atom is -0.492 e. The summed E-state index contributed by atoms with van der Waals surface area (Å²) in [6.45, 7) is 3.47. The smallest absolute Gasteiger partial charge is 0.321 e. The maximum absolute atomic E-state index is 12.2. The number of urea groups is 1. The Morgan fingerprint density at radius 3 is 2.90 bits per heavy atom. The van der Waals surface area contributed by atoms with Gasteiger partial charge in [0.25, 0.3) is 0 Å². The van der Waals surface area contributed by atoms with Crippen molar-refractivity contribution in [1.82, 2.24) is 4.90 Å². The number of para-hydroxylation sites is 2. The van der Waals surface area contributed by atoms with Crippen LogP contribution in [0, 0.1) is 5.92 Å². The molecule has 0 aromatic heterocycles. The van der Waals surface area contributed by atoms with Crippen LogP contribution in [0.5, 0.6) is 5.75 Å². The largest absolute Gasteiger partial charge is 0.492 e. The lowest BCUT2D eigenvalue weighted by atomic mass is 10.1. The van der Waals surface area contributed by atoms with Crippen molar-refractivity contribution in [2.24, 2.45) is 5.92 Å². The molecule has 1 heterocycles. The van der Waals surface area contributed by atoms with Crippen molar-refractivity contribution >= 4 is 17.7 Å². The number of carbonyl (C=O) groups excluding carboxylic acids is 1. The van der Waals surface area contributed by atoms with E-state index in [4.69, 9.17) is 9.84 Å². The van der Waals surface area contributed by atoms with Crippen LogP contribution in [0.15, 0.2) is 24.3 Å². The van der Waals surface area contributed by atoms with Gasteiger partial charge in [-0.15, -0.1) is 0 Å². The number of benzene rings is 1. The molecule has 1 fully saturated rings. The fourth-order valence-electron chi connectivity index (χ4n) is 2.48. The fraction of sp³-hybridized carbons (Fsp3) is 0.467. The molecule has 1 aromatic rings. The summed E-state index contributed by atoms with van der Waals surface area (Å²) in [5.41, 5.74) is 0.631. The number of carboxylic acids is 1. The molecular formula is C15H20N2O4. The number of likely N-dealkylation sites (tertiary alicyclic amines) is 1. The van der Waals surface area contributed by atoms with Gasteiger partial charge in [0.1, 0.15) is 5.75 Å². The number of nitrogens with one attached hydrogen (secondary N) is 1. The molecule has 0 aliphatic carbocycles. The molecule has 2 N–H and O–H groups in total. The van der Waals surface area contributed by atoms with E-state index in [-0.39, 0.29) is 18.4 Å². The highest BCUT2D eigenvalue weighted by Crippen LogP contribution is 2.25. The number of ether oxygens (including phenoxy) is 1. The van der Waals surface area contributed by atoms with Gasteiger partial charge >= 0.3 is 12.0 Å². The molecule has 114 valence electrons. The monoisotopic (exact) mass is 292 g/mol. The van der Waals surface area contributed by atoms with Crippen molar-refractivity contribution in [2.75, 3.05) is 25.0 Å². The van der Waals surface area contributed by atoms with Crippen LogP contribution in [-0.4, -0.2) is 41.7 Å². The minimum absolute atomic E-state index is 0.0374. The molecule has 6 nitrogen and oxygen atoms in total. The summed E-state index contributed by atoms with van der Waals surface area (Å²) in [4.78, 5) is 24.6. The van der Waals surface area contributed by atoms with E-state index >= 15 is 0 Å². The summed E-state index contributed by atoms with van der Waals surface area (Å²) >= 11 is 0. The van der Waals surface area contributed by atoms with Crippen LogP contribution in [0.2, 0.25) is 0 Å². The van der Waals surface area contributed by atoms with Crippen LogP contribution < -0.4 is 10.1 Å². The van der Waals surface area contributed by atoms with E-state index in [2.05, 4.69) is 5.32 Å². The highest BCUT2D eigenvalue weighted by Gasteiger charge is 2.28. The van der Waals surface area contributed by atoms with Crippen molar-refractivity contribution < 1.29 is 19.4 Å². The topological polar surface area (TPSA) is 78.9 Å². The number of rotatable bonds is 5. The average Bonchev–Trinajstić information content (AvgIpc) is 2.89. The van der Waals surface area contributed by atoms with E-state index in [1.165, 1.54) is 0 Å². The molecule has 0 bridgehead atoms. The third-order valence-corrected chi connectivity index (χ3v) is 3.46. The van der Waals surface area contributed by atoms with E-state index in [0.29, 0.717) is 31.1 Å². The Bertz CT molecular complexity index is 518. The lowest BCUT2D eigenvalue weighted by molar-refractivity contribution is -0.138. The molecule has 2 amide bonds. The minimum atomic E-state index is -0.816. The molecule has 1 aromatic carbocycles. The molecule has 21 heavy (non-hydrogen) atoms. The van der Waals surface area contributed by atoms with Gasteiger partial charge in [-0.2, -0.15) is 0 Å². The van der Waals surface area contributed by atoms with Crippen molar-refractivity contribution in [3.05, 3.63) is 24.3 Å². The highest BCUT2D eigenvalue weighted by atomic mass is 16.5. The van der Waals surface area contributed by atoms with E-state index in [0.717, 1.165) is 6.42 Å². The normalized spacial score (nSPS) is 17.6. The first-order valence-corrected chi connectivity index (χ1v) is 7.09. The van der Waals surface area contributed by atoms with Crippen molar-refractivity contribution in [3.8, 4) is 5.75 Å². The van der Waals surface area contributed by atoms with Crippen molar-refractivity contribution in [1.29, 1.82) is 0 Å². The van der Waals surface area contributed by atoms with Gasteiger partial charge in [0, 0.05) is 19.5 Å². The first-order chi connectivity index (χ1) is 10.1. The number of aliphatic carboxylic acids is 1. The van der Waals surface area contributed by atoms with Crippen molar-refractivity contribution in [3.63, 3.8) is 0 Å².